The lowest BCUT2D eigenvalue weighted by atomic mass is 10.0. The van der Waals surface area contributed by atoms with Gasteiger partial charge in [-0.15, -0.1) is 0 Å². The highest BCUT2D eigenvalue weighted by Gasteiger charge is 2.28. The van der Waals surface area contributed by atoms with Crippen LogP contribution in [0.5, 0.6) is 0 Å². The van der Waals surface area contributed by atoms with Gasteiger partial charge in [0.2, 0.25) is 5.91 Å². The van der Waals surface area contributed by atoms with Gasteiger partial charge in [-0.25, -0.2) is 4.98 Å². The summed E-state index contributed by atoms with van der Waals surface area (Å²) in [5, 5.41) is 0.367. The van der Waals surface area contributed by atoms with Gasteiger partial charge in [-0.05, 0) is 31.2 Å². The molecule has 1 aliphatic rings. The van der Waals surface area contributed by atoms with Gasteiger partial charge in [-0.2, -0.15) is 0 Å². The van der Waals surface area contributed by atoms with Crippen LogP contribution in [-0.2, 0) is 29.6 Å². The molecule has 1 fully saturated rings. The molecule has 174 valence electrons. The summed E-state index contributed by atoms with van der Waals surface area (Å²) in [6.45, 7) is 4.07. The average Bonchev–Trinajstić information content (AvgIpc) is 2.83. The van der Waals surface area contributed by atoms with Gasteiger partial charge in [0.15, 0.2) is 5.16 Å². The van der Waals surface area contributed by atoms with Gasteiger partial charge in [0.05, 0.1) is 17.6 Å². The standard InChI is InChI=1S/C25H35N3O3S/c1-4-5-14-22(24(30)28-15-10-7-11-16-28)32-25-26-21(18-31-3)20(23(29)27(25)2)17-19-12-8-6-9-13-19/h6,8-9,12-13,22H,4-5,7,10-11,14-18H2,1-3H3. The second-order valence-electron chi connectivity index (χ2n) is 8.41. The minimum absolute atomic E-state index is 0.0712. The number of hydrogen-bond donors (Lipinski definition) is 0. The van der Waals surface area contributed by atoms with Crippen LogP contribution < -0.4 is 5.56 Å². The van der Waals surface area contributed by atoms with Crippen molar-refractivity contribution in [3.05, 3.63) is 57.5 Å². The maximum Gasteiger partial charge on any atom is 0.257 e. The van der Waals surface area contributed by atoms with Crippen LogP contribution in [0.2, 0.25) is 0 Å². The molecule has 2 heterocycles. The number of unbranched alkanes of at least 4 members (excludes halogenated alkanes) is 1. The normalized spacial score (nSPS) is 15.0. The topological polar surface area (TPSA) is 64.4 Å². The van der Waals surface area contributed by atoms with Gasteiger partial charge in [0, 0.05) is 39.2 Å². The van der Waals surface area contributed by atoms with Crippen molar-refractivity contribution in [2.24, 2.45) is 7.05 Å². The summed E-state index contributed by atoms with van der Waals surface area (Å²) < 4.78 is 6.98. The van der Waals surface area contributed by atoms with E-state index in [9.17, 15) is 9.59 Å². The lowest BCUT2D eigenvalue weighted by Gasteiger charge is -2.30. The van der Waals surface area contributed by atoms with Crippen LogP contribution in [0.15, 0.2) is 40.3 Å². The summed E-state index contributed by atoms with van der Waals surface area (Å²) in [6.07, 6.45) is 6.63. The molecule has 1 atom stereocenters. The van der Waals surface area contributed by atoms with Crippen LogP contribution in [0.3, 0.4) is 0 Å². The SMILES string of the molecule is CCCCC(Sc1nc(COC)c(Cc2ccccc2)c(=O)n1C)C(=O)N1CCCCC1. The molecule has 1 aromatic heterocycles. The van der Waals surface area contributed by atoms with Crippen molar-refractivity contribution in [2.45, 2.75) is 68.9 Å². The molecular formula is C25H35N3O3S. The third kappa shape index (κ3) is 6.23. The summed E-state index contributed by atoms with van der Waals surface area (Å²) in [4.78, 5) is 33.4. The number of benzene rings is 1. The first kappa shape index (κ1) is 24.5. The molecule has 0 spiro atoms. The molecule has 0 N–H and O–H groups in total. The third-order valence-corrected chi connectivity index (χ3v) is 7.24. The molecule has 1 amide bonds. The van der Waals surface area contributed by atoms with Crippen molar-refractivity contribution in [2.75, 3.05) is 20.2 Å². The zero-order valence-corrected chi connectivity index (χ0v) is 20.3. The maximum absolute atomic E-state index is 13.3. The van der Waals surface area contributed by atoms with E-state index in [2.05, 4.69) is 6.92 Å². The lowest BCUT2D eigenvalue weighted by Crippen LogP contribution is -2.41. The number of aromatic nitrogens is 2. The Balaban J connectivity index is 1.90. The molecule has 1 unspecified atom stereocenters. The van der Waals surface area contributed by atoms with Crippen molar-refractivity contribution in [1.82, 2.24) is 14.5 Å². The number of nitrogens with zero attached hydrogens (tertiary/aromatic N) is 3. The average molecular weight is 458 g/mol. The zero-order chi connectivity index (χ0) is 22.9. The Morgan fingerprint density at radius 1 is 1.19 bits per heavy atom. The van der Waals surface area contributed by atoms with E-state index >= 15 is 0 Å². The van der Waals surface area contributed by atoms with Crippen LogP contribution in [0.1, 0.15) is 62.3 Å². The van der Waals surface area contributed by atoms with Crippen molar-refractivity contribution in [1.29, 1.82) is 0 Å². The fourth-order valence-electron chi connectivity index (χ4n) is 4.08. The molecule has 32 heavy (non-hydrogen) atoms. The van der Waals surface area contributed by atoms with Gasteiger partial charge in [-0.1, -0.05) is 61.9 Å². The van der Waals surface area contributed by atoms with Crippen molar-refractivity contribution >= 4 is 17.7 Å². The molecule has 1 aliphatic heterocycles. The number of methoxy groups -OCH3 is 1. The highest BCUT2D eigenvalue weighted by atomic mass is 32.2. The highest BCUT2D eigenvalue weighted by Crippen LogP contribution is 2.28. The quantitative estimate of drug-likeness (QED) is 0.396. The number of thioether (sulfide) groups is 1. The first-order valence-corrected chi connectivity index (χ1v) is 12.5. The summed E-state index contributed by atoms with van der Waals surface area (Å²) >= 11 is 1.43. The molecule has 0 saturated carbocycles. The number of carbonyl (C=O) groups is 1. The Hall–Kier alpha value is -2.12. The number of piperidine rings is 1. The van der Waals surface area contributed by atoms with E-state index in [0.29, 0.717) is 22.8 Å². The minimum atomic E-state index is -0.221. The van der Waals surface area contributed by atoms with Crippen molar-refractivity contribution < 1.29 is 9.53 Å². The second-order valence-corrected chi connectivity index (χ2v) is 9.58. The van der Waals surface area contributed by atoms with E-state index in [1.165, 1.54) is 18.2 Å². The minimum Gasteiger partial charge on any atom is -0.378 e. The Labute approximate surface area is 195 Å². The smallest absolute Gasteiger partial charge is 0.257 e. The van der Waals surface area contributed by atoms with Crippen LogP contribution in [0, 0.1) is 0 Å². The molecule has 6 nitrogen and oxygen atoms in total. The van der Waals surface area contributed by atoms with Gasteiger partial charge < -0.3 is 9.64 Å². The highest BCUT2D eigenvalue weighted by molar-refractivity contribution is 8.00. The maximum atomic E-state index is 13.3. The van der Waals surface area contributed by atoms with Crippen molar-refractivity contribution in [3.8, 4) is 0 Å². The second kappa shape index (κ2) is 12.2. The van der Waals surface area contributed by atoms with E-state index in [0.717, 1.165) is 50.8 Å². The summed E-state index contributed by atoms with van der Waals surface area (Å²) in [5.74, 6) is 0.180. The van der Waals surface area contributed by atoms with E-state index in [1.54, 1.807) is 18.7 Å². The molecule has 2 aromatic rings. The zero-order valence-electron chi connectivity index (χ0n) is 19.5. The fraction of sp³-hybridized carbons (Fsp3) is 0.560. The molecule has 1 aromatic carbocycles. The fourth-order valence-corrected chi connectivity index (χ4v) is 5.27. The first-order chi connectivity index (χ1) is 15.5. The number of carbonyl (C=O) groups excluding carboxylic acids is 1. The van der Waals surface area contributed by atoms with Gasteiger partial charge >= 0.3 is 0 Å². The number of hydrogen-bond acceptors (Lipinski definition) is 5. The summed E-state index contributed by atoms with van der Waals surface area (Å²) in [7, 11) is 3.37. The number of ether oxygens (including phenoxy) is 1. The van der Waals surface area contributed by atoms with Crippen LogP contribution in [-0.4, -0.2) is 45.8 Å². The molecule has 1 saturated heterocycles. The molecular weight excluding hydrogens is 422 g/mol. The number of rotatable bonds is 10. The van der Waals surface area contributed by atoms with E-state index in [-0.39, 0.29) is 23.3 Å². The van der Waals surface area contributed by atoms with Gasteiger partial charge in [0.1, 0.15) is 0 Å². The Kier molecular flexibility index (Phi) is 9.36. The number of amides is 1. The number of likely N-dealkylation sites (tertiary alicyclic amines) is 1. The molecule has 0 radical (unpaired) electrons. The lowest BCUT2D eigenvalue weighted by molar-refractivity contribution is -0.131. The summed E-state index contributed by atoms with van der Waals surface area (Å²) in [6, 6.07) is 9.93. The Bertz CT molecular complexity index is 939. The van der Waals surface area contributed by atoms with Crippen LogP contribution in [0.25, 0.3) is 0 Å². The predicted octanol–water partition coefficient (Wildman–Crippen LogP) is 4.18. The predicted molar refractivity (Wildman–Crippen MR) is 129 cm³/mol. The van der Waals surface area contributed by atoms with Crippen LogP contribution in [0.4, 0.5) is 0 Å². The molecule has 0 aliphatic carbocycles. The van der Waals surface area contributed by atoms with Gasteiger partial charge in [-0.3, -0.25) is 14.2 Å². The van der Waals surface area contributed by atoms with E-state index in [1.807, 2.05) is 35.2 Å². The Morgan fingerprint density at radius 3 is 2.56 bits per heavy atom. The van der Waals surface area contributed by atoms with Crippen molar-refractivity contribution in [3.63, 3.8) is 0 Å². The molecule has 7 heteroatoms. The molecule has 0 bridgehead atoms. The Morgan fingerprint density at radius 2 is 1.91 bits per heavy atom. The van der Waals surface area contributed by atoms with E-state index in [4.69, 9.17) is 9.72 Å². The first-order valence-electron chi connectivity index (χ1n) is 11.6. The summed E-state index contributed by atoms with van der Waals surface area (Å²) in [5.41, 5.74) is 2.29. The third-order valence-electron chi connectivity index (χ3n) is 5.94. The van der Waals surface area contributed by atoms with E-state index < -0.39 is 0 Å². The largest absolute Gasteiger partial charge is 0.378 e. The molecule has 3 rings (SSSR count). The monoisotopic (exact) mass is 457 g/mol. The van der Waals surface area contributed by atoms with Crippen LogP contribution >= 0.6 is 11.8 Å². The van der Waals surface area contributed by atoms with Gasteiger partial charge in [0.25, 0.3) is 5.56 Å².